The third-order valence-corrected chi connectivity index (χ3v) is 2.90. The minimum atomic E-state index is -3.60. The molecule has 3 nitrogen and oxygen atoms in total. The van der Waals surface area contributed by atoms with Gasteiger partial charge in [0.05, 0.1) is 4.90 Å². The predicted octanol–water partition coefficient (Wildman–Crippen LogP) is 1.29. The van der Waals surface area contributed by atoms with Gasteiger partial charge in [0, 0.05) is 0 Å². The van der Waals surface area contributed by atoms with Crippen LogP contribution in [0.3, 0.4) is 0 Å². The van der Waals surface area contributed by atoms with Crippen molar-refractivity contribution in [2.75, 3.05) is 0 Å². The van der Waals surface area contributed by atoms with E-state index in [-0.39, 0.29) is 4.90 Å². The molecule has 0 heterocycles. The van der Waals surface area contributed by atoms with Crippen LogP contribution in [0.1, 0.15) is 0 Å². The highest BCUT2D eigenvalue weighted by Crippen LogP contribution is 2.17. The molecular weight excluding hydrogens is 198 g/mol. The first-order valence-corrected chi connectivity index (χ1v) is 5.55. The Morgan fingerprint density at radius 3 is 2.64 bits per heavy atom. The molecule has 0 aliphatic heterocycles. The predicted molar refractivity (Wildman–Crippen MR) is 54.2 cm³/mol. The van der Waals surface area contributed by atoms with E-state index in [1.165, 1.54) is 6.07 Å². The average Bonchev–Trinajstić information content (AvgIpc) is 2.16. The zero-order valence-electron chi connectivity index (χ0n) is 7.27. The number of hydrogen-bond acceptors (Lipinski definition) is 2. The molecule has 2 N–H and O–H groups in total. The van der Waals surface area contributed by atoms with Crippen LogP contribution in [0, 0.1) is 6.07 Å². The second-order valence-corrected chi connectivity index (χ2v) is 4.54. The van der Waals surface area contributed by atoms with Crippen LogP contribution in [0.5, 0.6) is 0 Å². The van der Waals surface area contributed by atoms with Crippen LogP contribution in [0.2, 0.25) is 0 Å². The molecule has 0 saturated carbocycles. The minimum Gasteiger partial charge on any atom is -0.225 e. The molecule has 0 amide bonds. The summed E-state index contributed by atoms with van der Waals surface area (Å²) in [6, 6.07) is 13.0. The third-order valence-electron chi connectivity index (χ3n) is 1.98. The highest BCUT2D eigenvalue weighted by atomic mass is 32.2. The van der Waals surface area contributed by atoms with Crippen molar-refractivity contribution in [3.8, 4) is 0 Å². The Labute approximate surface area is 82.2 Å². The molecule has 0 fully saturated rings. The van der Waals surface area contributed by atoms with Crippen LogP contribution in [0.25, 0.3) is 10.8 Å². The Morgan fingerprint density at radius 2 is 1.93 bits per heavy atom. The lowest BCUT2D eigenvalue weighted by atomic mass is 10.1. The largest absolute Gasteiger partial charge is 0.238 e. The van der Waals surface area contributed by atoms with Crippen LogP contribution in [0.15, 0.2) is 41.3 Å². The zero-order valence-corrected chi connectivity index (χ0v) is 8.08. The van der Waals surface area contributed by atoms with Crippen molar-refractivity contribution >= 4 is 20.8 Å². The van der Waals surface area contributed by atoms with E-state index in [1.54, 1.807) is 30.3 Å². The summed E-state index contributed by atoms with van der Waals surface area (Å²) in [6.45, 7) is 0. The lowest BCUT2D eigenvalue weighted by molar-refractivity contribution is 0.598. The Kier molecular flexibility index (Phi) is 2.02. The maximum absolute atomic E-state index is 11.0. The lowest BCUT2D eigenvalue weighted by Gasteiger charge is -2.00. The molecule has 0 aromatic heterocycles. The fourth-order valence-corrected chi connectivity index (χ4v) is 1.83. The van der Waals surface area contributed by atoms with Crippen molar-refractivity contribution in [1.82, 2.24) is 0 Å². The second kappa shape index (κ2) is 3.08. The van der Waals surface area contributed by atoms with E-state index in [1.807, 2.05) is 0 Å². The van der Waals surface area contributed by atoms with Crippen molar-refractivity contribution in [3.63, 3.8) is 0 Å². The topological polar surface area (TPSA) is 60.2 Å². The van der Waals surface area contributed by atoms with Gasteiger partial charge in [-0.05, 0) is 35.0 Å². The normalized spacial score (nSPS) is 11.8. The standard InChI is InChI=1S/C10H8NO2S/c11-14(12,13)10-6-5-8-3-1-2-4-9(8)7-10/h2-7H,(H2,11,12,13). The number of primary sulfonamides is 1. The van der Waals surface area contributed by atoms with Crippen LogP contribution in [0.4, 0.5) is 0 Å². The quantitative estimate of drug-likeness (QED) is 0.764. The van der Waals surface area contributed by atoms with E-state index in [4.69, 9.17) is 5.14 Å². The molecule has 0 aliphatic carbocycles. The SMILES string of the molecule is NS(=O)(=O)c1ccc2c[c]ccc2c1. The van der Waals surface area contributed by atoms with Crippen molar-refractivity contribution in [2.24, 2.45) is 5.14 Å². The lowest BCUT2D eigenvalue weighted by Crippen LogP contribution is -2.11. The smallest absolute Gasteiger partial charge is 0.225 e. The van der Waals surface area contributed by atoms with Crippen LogP contribution < -0.4 is 5.14 Å². The van der Waals surface area contributed by atoms with E-state index in [0.717, 1.165) is 10.8 Å². The number of rotatable bonds is 1. The van der Waals surface area contributed by atoms with Crippen molar-refractivity contribution < 1.29 is 8.42 Å². The van der Waals surface area contributed by atoms with Gasteiger partial charge in [0.15, 0.2) is 0 Å². The molecule has 2 aromatic rings. The van der Waals surface area contributed by atoms with E-state index < -0.39 is 10.0 Å². The summed E-state index contributed by atoms with van der Waals surface area (Å²) in [7, 11) is -3.60. The molecule has 1 radical (unpaired) electrons. The highest BCUT2D eigenvalue weighted by molar-refractivity contribution is 7.89. The first kappa shape index (κ1) is 9.18. The van der Waals surface area contributed by atoms with Gasteiger partial charge in [-0.25, -0.2) is 13.6 Å². The maximum atomic E-state index is 11.0. The first-order valence-electron chi connectivity index (χ1n) is 4.00. The summed E-state index contributed by atoms with van der Waals surface area (Å²) in [4.78, 5) is 0.135. The van der Waals surface area contributed by atoms with Gasteiger partial charge in [0.2, 0.25) is 10.0 Å². The van der Waals surface area contributed by atoms with Gasteiger partial charge in [0.1, 0.15) is 0 Å². The molecule has 4 heteroatoms. The Bertz CT molecular complexity index is 575. The average molecular weight is 206 g/mol. The molecule has 0 aliphatic rings. The van der Waals surface area contributed by atoms with Crippen molar-refractivity contribution in [3.05, 3.63) is 42.5 Å². The van der Waals surface area contributed by atoms with E-state index in [2.05, 4.69) is 6.07 Å². The van der Waals surface area contributed by atoms with Gasteiger partial charge in [-0.1, -0.05) is 18.2 Å². The Morgan fingerprint density at radius 1 is 1.14 bits per heavy atom. The molecule has 2 aromatic carbocycles. The molecule has 0 unspecified atom stereocenters. The zero-order chi connectivity index (χ0) is 10.2. The summed E-state index contributed by atoms with van der Waals surface area (Å²) in [5, 5.41) is 6.80. The molecule has 0 saturated heterocycles. The third kappa shape index (κ3) is 1.62. The Balaban J connectivity index is 2.75. The molecule has 71 valence electrons. The van der Waals surface area contributed by atoms with Gasteiger partial charge in [-0.15, -0.1) is 0 Å². The summed E-state index contributed by atoms with van der Waals surface area (Å²) >= 11 is 0. The van der Waals surface area contributed by atoms with Gasteiger partial charge >= 0.3 is 0 Å². The molecule has 14 heavy (non-hydrogen) atoms. The summed E-state index contributed by atoms with van der Waals surface area (Å²) in [5.74, 6) is 0. The highest BCUT2D eigenvalue weighted by Gasteiger charge is 2.07. The van der Waals surface area contributed by atoms with Crippen LogP contribution in [-0.2, 0) is 10.0 Å². The Hall–Kier alpha value is -1.39. The number of sulfonamides is 1. The molecule has 0 bridgehead atoms. The number of nitrogens with two attached hydrogens (primary N) is 1. The van der Waals surface area contributed by atoms with Gasteiger partial charge in [-0.3, -0.25) is 0 Å². The molecule has 0 spiro atoms. The van der Waals surface area contributed by atoms with Gasteiger partial charge in [0.25, 0.3) is 0 Å². The number of benzene rings is 2. The van der Waals surface area contributed by atoms with E-state index in [9.17, 15) is 8.42 Å². The van der Waals surface area contributed by atoms with Gasteiger partial charge in [-0.2, -0.15) is 0 Å². The number of fused-ring (bicyclic) bond motifs is 1. The first-order chi connectivity index (χ1) is 6.57. The summed E-state index contributed by atoms with van der Waals surface area (Å²) in [6.07, 6.45) is 0. The van der Waals surface area contributed by atoms with E-state index in [0.29, 0.717) is 0 Å². The summed E-state index contributed by atoms with van der Waals surface area (Å²) < 4.78 is 22.1. The van der Waals surface area contributed by atoms with Crippen molar-refractivity contribution in [2.45, 2.75) is 4.90 Å². The maximum Gasteiger partial charge on any atom is 0.238 e. The van der Waals surface area contributed by atoms with Crippen LogP contribution in [-0.4, -0.2) is 8.42 Å². The van der Waals surface area contributed by atoms with Crippen molar-refractivity contribution in [1.29, 1.82) is 0 Å². The second-order valence-electron chi connectivity index (χ2n) is 2.98. The summed E-state index contributed by atoms with van der Waals surface area (Å²) in [5.41, 5.74) is 0. The van der Waals surface area contributed by atoms with Crippen LogP contribution >= 0.6 is 0 Å². The monoisotopic (exact) mass is 206 g/mol. The van der Waals surface area contributed by atoms with Gasteiger partial charge < -0.3 is 0 Å². The molecule has 0 atom stereocenters. The number of hydrogen-bond donors (Lipinski definition) is 1. The molecular formula is C10H8NO2S. The fraction of sp³-hybridized carbons (Fsp3) is 0. The van der Waals surface area contributed by atoms with E-state index >= 15 is 0 Å². The fourth-order valence-electron chi connectivity index (χ4n) is 1.28. The molecule has 2 rings (SSSR count). The minimum absolute atomic E-state index is 0.135.